The normalized spacial score (nSPS) is 16.2. The van der Waals surface area contributed by atoms with Crippen molar-refractivity contribution in [3.63, 3.8) is 0 Å². The summed E-state index contributed by atoms with van der Waals surface area (Å²) >= 11 is 6.22. The number of carbonyl (C=O) groups is 1. The SMILES string of the molecule is Cc1cc2ccc(CCC3(O)CCCC3)cc2c(-c2ccc(Cl)cc2)c1C(OCCCC(C)(C)C)C(=O)O. The van der Waals surface area contributed by atoms with Crippen molar-refractivity contribution in [1.29, 1.82) is 0 Å². The Morgan fingerprint density at radius 1 is 1.08 bits per heavy atom. The lowest BCUT2D eigenvalue weighted by Crippen LogP contribution is -2.24. The maximum atomic E-state index is 12.6. The van der Waals surface area contributed by atoms with Crippen molar-refractivity contribution < 1.29 is 19.7 Å². The van der Waals surface area contributed by atoms with Crippen molar-refractivity contribution in [1.82, 2.24) is 0 Å². The number of fused-ring (bicyclic) bond motifs is 1. The molecule has 4 rings (SSSR count). The Morgan fingerprint density at radius 3 is 2.39 bits per heavy atom. The number of benzene rings is 3. The Labute approximate surface area is 232 Å². The van der Waals surface area contributed by atoms with Crippen LogP contribution >= 0.6 is 11.6 Å². The van der Waals surface area contributed by atoms with Crippen LogP contribution in [0.4, 0.5) is 0 Å². The van der Waals surface area contributed by atoms with Gasteiger partial charge in [-0.25, -0.2) is 4.79 Å². The van der Waals surface area contributed by atoms with E-state index in [4.69, 9.17) is 16.3 Å². The Hall–Kier alpha value is -2.40. The molecule has 0 radical (unpaired) electrons. The van der Waals surface area contributed by atoms with Gasteiger partial charge < -0.3 is 14.9 Å². The van der Waals surface area contributed by atoms with Crippen LogP contribution in [-0.4, -0.2) is 28.4 Å². The quantitative estimate of drug-likeness (QED) is 0.254. The average molecular weight is 537 g/mol. The fourth-order valence-corrected chi connectivity index (χ4v) is 5.89. The van der Waals surface area contributed by atoms with Crippen LogP contribution in [0, 0.1) is 12.3 Å². The molecule has 0 heterocycles. The molecular formula is C33H41ClO4. The van der Waals surface area contributed by atoms with Gasteiger partial charge in [0.1, 0.15) is 0 Å². The fraction of sp³-hybridized carbons (Fsp3) is 0.485. The summed E-state index contributed by atoms with van der Waals surface area (Å²) in [5.41, 5.74) is 4.10. The standard InChI is InChI=1S/C33H41ClO4/c1-22-20-25-9-8-23(14-18-33(37)16-5-6-17-33)21-27(25)29(24-10-12-26(34)13-11-24)28(22)30(31(35)36)38-19-7-15-32(2,3)4/h8-13,20-21,30,37H,5-7,14-19H2,1-4H3,(H,35,36). The minimum Gasteiger partial charge on any atom is -0.479 e. The van der Waals surface area contributed by atoms with Crippen LogP contribution in [0.1, 0.15) is 88.5 Å². The molecular weight excluding hydrogens is 496 g/mol. The molecule has 0 spiro atoms. The zero-order valence-corrected chi connectivity index (χ0v) is 23.9. The lowest BCUT2D eigenvalue weighted by molar-refractivity contribution is -0.151. The van der Waals surface area contributed by atoms with Gasteiger partial charge in [0.25, 0.3) is 0 Å². The maximum Gasteiger partial charge on any atom is 0.337 e. The van der Waals surface area contributed by atoms with Gasteiger partial charge in [0.05, 0.1) is 5.60 Å². The molecule has 1 unspecified atom stereocenters. The van der Waals surface area contributed by atoms with E-state index < -0.39 is 17.7 Å². The van der Waals surface area contributed by atoms with Crippen LogP contribution in [0.2, 0.25) is 5.02 Å². The first-order chi connectivity index (χ1) is 18.0. The highest BCUT2D eigenvalue weighted by atomic mass is 35.5. The average Bonchev–Trinajstić information content (AvgIpc) is 3.29. The van der Waals surface area contributed by atoms with Gasteiger partial charge in [0.15, 0.2) is 6.10 Å². The second kappa shape index (κ2) is 11.8. The molecule has 4 nitrogen and oxygen atoms in total. The number of aryl methyl sites for hydroxylation is 2. The molecule has 0 aliphatic heterocycles. The number of hydrogen-bond donors (Lipinski definition) is 2. The van der Waals surface area contributed by atoms with E-state index in [1.165, 1.54) is 0 Å². The topological polar surface area (TPSA) is 66.8 Å². The van der Waals surface area contributed by atoms with Crippen LogP contribution in [0.25, 0.3) is 21.9 Å². The van der Waals surface area contributed by atoms with E-state index in [2.05, 4.69) is 45.0 Å². The third-order valence-electron chi connectivity index (χ3n) is 7.84. The Kier molecular flexibility index (Phi) is 8.86. The van der Waals surface area contributed by atoms with Crippen LogP contribution in [0.15, 0.2) is 48.5 Å². The van der Waals surface area contributed by atoms with E-state index >= 15 is 0 Å². The number of rotatable bonds is 10. The van der Waals surface area contributed by atoms with E-state index in [0.29, 0.717) is 17.2 Å². The minimum atomic E-state index is -1.08. The smallest absolute Gasteiger partial charge is 0.337 e. The van der Waals surface area contributed by atoms with Gasteiger partial charge in [-0.05, 0) is 96.0 Å². The molecule has 5 heteroatoms. The van der Waals surface area contributed by atoms with E-state index in [0.717, 1.165) is 84.4 Å². The maximum absolute atomic E-state index is 12.6. The summed E-state index contributed by atoms with van der Waals surface area (Å²) in [6.45, 7) is 8.88. The van der Waals surface area contributed by atoms with E-state index in [1.807, 2.05) is 31.2 Å². The first kappa shape index (κ1) is 28.6. The van der Waals surface area contributed by atoms with Crippen molar-refractivity contribution >= 4 is 28.3 Å². The number of hydrogen-bond acceptors (Lipinski definition) is 3. The molecule has 1 atom stereocenters. The van der Waals surface area contributed by atoms with Gasteiger partial charge in [-0.3, -0.25) is 0 Å². The number of halogens is 1. The lowest BCUT2D eigenvalue weighted by atomic mass is 9.86. The monoisotopic (exact) mass is 536 g/mol. The van der Waals surface area contributed by atoms with Gasteiger partial charge in [0, 0.05) is 17.2 Å². The third-order valence-corrected chi connectivity index (χ3v) is 8.09. The highest BCUT2D eigenvalue weighted by Gasteiger charge is 2.31. The molecule has 204 valence electrons. The zero-order valence-electron chi connectivity index (χ0n) is 23.1. The van der Waals surface area contributed by atoms with Crippen LogP contribution < -0.4 is 0 Å². The summed E-state index contributed by atoms with van der Waals surface area (Å²) in [5.74, 6) is -0.988. The van der Waals surface area contributed by atoms with Crippen molar-refractivity contribution in [2.24, 2.45) is 5.41 Å². The Bertz CT molecular complexity index is 1270. The molecule has 0 saturated heterocycles. The van der Waals surface area contributed by atoms with E-state index in [9.17, 15) is 15.0 Å². The lowest BCUT2D eigenvalue weighted by Gasteiger charge is -2.24. The molecule has 0 bridgehead atoms. The predicted molar refractivity (Wildman–Crippen MR) is 156 cm³/mol. The molecule has 3 aromatic carbocycles. The van der Waals surface area contributed by atoms with Crippen molar-refractivity contribution in [3.05, 3.63) is 70.2 Å². The first-order valence-corrected chi connectivity index (χ1v) is 14.2. The molecule has 0 aromatic heterocycles. The van der Waals surface area contributed by atoms with Crippen LogP contribution in [0.5, 0.6) is 0 Å². The van der Waals surface area contributed by atoms with Crippen LogP contribution in [0.3, 0.4) is 0 Å². The molecule has 0 amide bonds. The summed E-state index contributed by atoms with van der Waals surface area (Å²) in [6.07, 6.45) is 6.10. The van der Waals surface area contributed by atoms with Gasteiger partial charge in [0.2, 0.25) is 0 Å². The highest BCUT2D eigenvalue weighted by molar-refractivity contribution is 6.30. The van der Waals surface area contributed by atoms with Gasteiger partial charge in [-0.1, -0.05) is 81.6 Å². The number of carboxylic acid groups (broad SMARTS) is 1. The van der Waals surface area contributed by atoms with Crippen molar-refractivity contribution in [2.75, 3.05) is 6.61 Å². The molecule has 2 N–H and O–H groups in total. The second-order valence-electron chi connectivity index (χ2n) is 12.2. The minimum absolute atomic E-state index is 0.164. The largest absolute Gasteiger partial charge is 0.479 e. The van der Waals surface area contributed by atoms with E-state index in [-0.39, 0.29) is 5.41 Å². The van der Waals surface area contributed by atoms with Gasteiger partial charge >= 0.3 is 5.97 Å². The summed E-state index contributed by atoms with van der Waals surface area (Å²) in [4.78, 5) is 12.6. The first-order valence-electron chi connectivity index (χ1n) is 13.8. The predicted octanol–water partition coefficient (Wildman–Crippen LogP) is 8.67. The summed E-state index contributed by atoms with van der Waals surface area (Å²) in [5, 5.41) is 23.9. The molecule has 1 fully saturated rings. The third kappa shape index (κ3) is 6.97. The highest BCUT2D eigenvalue weighted by Crippen LogP contribution is 2.41. The Balaban J connectivity index is 1.78. The number of aliphatic carboxylic acids is 1. The molecule has 1 saturated carbocycles. The summed E-state index contributed by atoms with van der Waals surface area (Å²) in [7, 11) is 0. The molecule has 38 heavy (non-hydrogen) atoms. The second-order valence-corrected chi connectivity index (χ2v) is 12.7. The molecule has 3 aromatic rings. The zero-order chi connectivity index (χ0) is 27.5. The van der Waals surface area contributed by atoms with E-state index in [1.54, 1.807) is 0 Å². The Morgan fingerprint density at radius 2 is 1.76 bits per heavy atom. The van der Waals surface area contributed by atoms with Crippen LogP contribution in [-0.2, 0) is 16.0 Å². The number of carboxylic acids is 1. The van der Waals surface area contributed by atoms with Gasteiger partial charge in [-0.15, -0.1) is 0 Å². The molecule has 1 aliphatic rings. The molecule has 1 aliphatic carbocycles. The van der Waals surface area contributed by atoms with Crippen molar-refractivity contribution in [2.45, 2.75) is 90.8 Å². The van der Waals surface area contributed by atoms with Gasteiger partial charge in [-0.2, -0.15) is 0 Å². The fourth-order valence-electron chi connectivity index (χ4n) is 5.76. The number of ether oxygens (including phenoxy) is 1. The summed E-state index contributed by atoms with van der Waals surface area (Å²) in [6, 6.07) is 16.1. The summed E-state index contributed by atoms with van der Waals surface area (Å²) < 4.78 is 6.10. The number of aliphatic hydroxyl groups is 1. The van der Waals surface area contributed by atoms with Crippen molar-refractivity contribution in [3.8, 4) is 11.1 Å².